The standard InChI is InChI=1S/C18H25N5/c1-2-13-5-4-10-23(12-13)16-7-9-21-18-17(16)14(11-22-18)15(20)6-3-8-19/h3,6-9,11,13H,2,4-5,10,12,19-20H2,1H3,(H,21,22)/b8-3-,15-6-/t13-/m0/s1. The van der Waals surface area contributed by atoms with Crippen molar-refractivity contribution in [1.29, 1.82) is 0 Å². The maximum absolute atomic E-state index is 6.23. The highest BCUT2D eigenvalue weighted by molar-refractivity contribution is 5.99. The van der Waals surface area contributed by atoms with E-state index in [4.69, 9.17) is 11.5 Å². The molecule has 2 aromatic heterocycles. The van der Waals surface area contributed by atoms with E-state index in [2.05, 4.69) is 27.9 Å². The van der Waals surface area contributed by atoms with Gasteiger partial charge in [-0.3, -0.25) is 0 Å². The first kappa shape index (κ1) is 15.5. The highest BCUT2D eigenvalue weighted by atomic mass is 15.1. The lowest BCUT2D eigenvalue weighted by Gasteiger charge is -2.34. The quantitative estimate of drug-likeness (QED) is 0.758. The molecule has 0 unspecified atom stereocenters. The van der Waals surface area contributed by atoms with E-state index in [1.807, 2.05) is 18.5 Å². The normalized spacial score (nSPS) is 19.8. The van der Waals surface area contributed by atoms with E-state index in [9.17, 15) is 0 Å². The molecule has 0 bridgehead atoms. The zero-order valence-corrected chi connectivity index (χ0v) is 13.6. The smallest absolute Gasteiger partial charge is 0.140 e. The fourth-order valence-electron chi connectivity index (χ4n) is 3.40. The fourth-order valence-corrected chi connectivity index (χ4v) is 3.40. The Bertz CT molecular complexity index is 728. The van der Waals surface area contributed by atoms with Crippen molar-refractivity contribution < 1.29 is 0 Å². The van der Waals surface area contributed by atoms with Crippen LogP contribution in [0.15, 0.2) is 36.8 Å². The number of H-pyrrole nitrogens is 1. The van der Waals surface area contributed by atoms with Crippen LogP contribution in [0.1, 0.15) is 31.7 Å². The van der Waals surface area contributed by atoms with Gasteiger partial charge in [0.25, 0.3) is 0 Å². The van der Waals surface area contributed by atoms with Gasteiger partial charge in [-0.1, -0.05) is 13.3 Å². The van der Waals surface area contributed by atoms with Crippen molar-refractivity contribution in [2.45, 2.75) is 26.2 Å². The molecule has 0 amide bonds. The molecule has 0 spiro atoms. The second-order valence-electron chi connectivity index (χ2n) is 6.13. The SMILES string of the molecule is CC[C@H]1CCCN(c2ccnc3[nH]cc(/C(N)=C/C=C\N)c23)C1. The number of nitrogens with two attached hydrogens (primary N) is 2. The van der Waals surface area contributed by atoms with Crippen molar-refractivity contribution in [1.82, 2.24) is 9.97 Å². The number of allylic oxidation sites excluding steroid dienone is 2. The molecule has 0 aliphatic carbocycles. The molecule has 1 atom stereocenters. The average molecular weight is 311 g/mol. The molecular formula is C18H25N5. The van der Waals surface area contributed by atoms with Gasteiger partial charge in [-0.2, -0.15) is 0 Å². The third kappa shape index (κ3) is 3.04. The topological polar surface area (TPSA) is 84.0 Å². The monoisotopic (exact) mass is 311 g/mol. The number of anilines is 1. The van der Waals surface area contributed by atoms with Gasteiger partial charge in [0, 0.05) is 42.4 Å². The lowest BCUT2D eigenvalue weighted by molar-refractivity contribution is 0.405. The van der Waals surface area contributed by atoms with E-state index in [1.54, 1.807) is 6.08 Å². The van der Waals surface area contributed by atoms with Crippen LogP contribution >= 0.6 is 0 Å². The van der Waals surface area contributed by atoms with Gasteiger partial charge in [-0.05, 0) is 43.2 Å². The van der Waals surface area contributed by atoms with Crippen LogP contribution < -0.4 is 16.4 Å². The van der Waals surface area contributed by atoms with Crippen molar-refractivity contribution in [3.05, 3.63) is 42.4 Å². The zero-order chi connectivity index (χ0) is 16.2. The highest BCUT2D eigenvalue weighted by Gasteiger charge is 2.22. The Balaban J connectivity index is 2.05. The number of aromatic nitrogens is 2. The Kier molecular flexibility index (Phi) is 4.55. The van der Waals surface area contributed by atoms with E-state index in [-0.39, 0.29) is 0 Å². The van der Waals surface area contributed by atoms with E-state index in [1.165, 1.54) is 31.1 Å². The van der Waals surface area contributed by atoms with Crippen LogP contribution in [0.2, 0.25) is 0 Å². The van der Waals surface area contributed by atoms with Gasteiger partial charge in [0.15, 0.2) is 0 Å². The Hall–Kier alpha value is -2.43. The molecule has 0 radical (unpaired) electrons. The van der Waals surface area contributed by atoms with Gasteiger partial charge in [0.05, 0.1) is 5.39 Å². The maximum Gasteiger partial charge on any atom is 0.140 e. The molecule has 0 saturated carbocycles. The first-order valence-electron chi connectivity index (χ1n) is 8.30. The molecule has 1 aliphatic heterocycles. The molecule has 122 valence electrons. The molecule has 3 heterocycles. The largest absolute Gasteiger partial charge is 0.405 e. The average Bonchev–Trinajstić information content (AvgIpc) is 3.04. The van der Waals surface area contributed by atoms with Gasteiger partial charge < -0.3 is 21.4 Å². The lowest BCUT2D eigenvalue weighted by Crippen LogP contribution is -2.35. The van der Waals surface area contributed by atoms with Gasteiger partial charge >= 0.3 is 0 Å². The lowest BCUT2D eigenvalue weighted by atomic mass is 9.95. The summed E-state index contributed by atoms with van der Waals surface area (Å²) in [4.78, 5) is 10.2. The molecule has 1 aliphatic rings. The van der Waals surface area contributed by atoms with E-state index >= 15 is 0 Å². The second kappa shape index (κ2) is 6.77. The molecule has 3 rings (SSSR count). The van der Waals surface area contributed by atoms with Crippen LogP contribution in [0.25, 0.3) is 16.7 Å². The minimum atomic E-state index is 0.691. The van der Waals surface area contributed by atoms with Gasteiger partial charge in [-0.15, -0.1) is 0 Å². The molecule has 1 fully saturated rings. The molecule has 5 heteroatoms. The predicted octanol–water partition coefficient (Wildman–Crippen LogP) is 2.96. The maximum atomic E-state index is 6.23. The summed E-state index contributed by atoms with van der Waals surface area (Å²) in [5.74, 6) is 0.766. The Morgan fingerprint density at radius 3 is 3.17 bits per heavy atom. The number of aromatic amines is 1. The number of hydrogen-bond donors (Lipinski definition) is 3. The second-order valence-corrected chi connectivity index (χ2v) is 6.13. The summed E-state index contributed by atoms with van der Waals surface area (Å²) < 4.78 is 0. The minimum Gasteiger partial charge on any atom is -0.405 e. The van der Waals surface area contributed by atoms with Crippen LogP contribution in [-0.4, -0.2) is 23.1 Å². The number of nitrogens with one attached hydrogen (secondary N) is 1. The van der Waals surface area contributed by atoms with Crippen LogP contribution in [0, 0.1) is 5.92 Å². The minimum absolute atomic E-state index is 0.691. The molecule has 0 aromatic carbocycles. The summed E-state index contributed by atoms with van der Waals surface area (Å²) in [6, 6.07) is 2.10. The van der Waals surface area contributed by atoms with E-state index in [0.29, 0.717) is 5.70 Å². The summed E-state index contributed by atoms with van der Waals surface area (Å²) in [7, 11) is 0. The number of fused-ring (bicyclic) bond motifs is 1. The Labute approximate surface area is 137 Å². The van der Waals surface area contributed by atoms with Crippen LogP contribution in [0.4, 0.5) is 5.69 Å². The van der Waals surface area contributed by atoms with Crippen molar-refractivity contribution in [3.63, 3.8) is 0 Å². The number of nitrogens with zero attached hydrogens (tertiary/aromatic N) is 2. The molecule has 2 aromatic rings. The molecule has 23 heavy (non-hydrogen) atoms. The number of rotatable bonds is 4. The number of piperidine rings is 1. The first-order chi connectivity index (χ1) is 11.2. The third-order valence-corrected chi connectivity index (χ3v) is 4.69. The number of hydrogen-bond acceptors (Lipinski definition) is 4. The summed E-state index contributed by atoms with van der Waals surface area (Å²) in [5, 5.41) is 1.10. The zero-order valence-electron chi connectivity index (χ0n) is 13.6. The predicted molar refractivity (Wildman–Crippen MR) is 96.8 cm³/mol. The molecule has 5 N–H and O–H groups in total. The van der Waals surface area contributed by atoms with E-state index in [0.717, 1.165) is 35.6 Å². The van der Waals surface area contributed by atoms with Crippen molar-refractivity contribution in [2.24, 2.45) is 17.4 Å². The Morgan fingerprint density at radius 1 is 1.52 bits per heavy atom. The van der Waals surface area contributed by atoms with E-state index < -0.39 is 0 Å². The molecule has 5 nitrogen and oxygen atoms in total. The highest BCUT2D eigenvalue weighted by Crippen LogP contribution is 2.33. The summed E-state index contributed by atoms with van der Waals surface area (Å²) in [6.45, 7) is 4.47. The van der Waals surface area contributed by atoms with Gasteiger partial charge in [-0.25, -0.2) is 4.98 Å². The van der Waals surface area contributed by atoms with Crippen LogP contribution in [0.5, 0.6) is 0 Å². The summed E-state index contributed by atoms with van der Waals surface area (Å²) >= 11 is 0. The van der Waals surface area contributed by atoms with Crippen LogP contribution in [0.3, 0.4) is 0 Å². The summed E-state index contributed by atoms with van der Waals surface area (Å²) in [5.41, 5.74) is 15.4. The molecular weight excluding hydrogens is 286 g/mol. The van der Waals surface area contributed by atoms with Crippen molar-refractivity contribution in [3.8, 4) is 0 Å². The Morgan fingerprint density at radius 2 is 2.39 bits per heavy atom. The molecule has 1 saturated heterocycles. The summed E-state index contributed by atoms with van der Waals surface area (Å²) in [6.07, 6.45) is 12.6. The van der Waals surface area contributed by atoms with Crippen molar-refractivity contribution in [2.75, 3.05) is 18.0 Å². The first-order valence-corrected chi connectivity index (χ1v) is 8.30. The van der Waals surface area contributed by atoms with Gasteiger partial charge in [0.1, 0.15) is 5.65 Å². The third-order valence-electron chi connectivity index (χ3n) is 4.69. The fraction of sp³-hybridized carbons (Fsp3) is 0.389. The van der Waals surface area contributed by atoms with Crippen molar-refractivity contribution >= 4 is 22.4 Å². The van der Waals surface area contributed by atoms with Gasteiger partial charge in [0.2, 0.25) is 0 Å². The van der Waals surface area contributed by atoms with Crippen LogP contribution in [-0.2, 0) is 0 Å². The number of pyridine rings is 1.